The molecule has 3 rings (SSSR count). The molecule has 2 aliphatic rings. The largest absolute Gasteiger partial charge is 0.414 e. The van der Waals surface area contributed by atoms with Crippen molar-refractivity contribution >= 4 is 35.0 Å². The van der Waals surface area contributed by atoms with Gasteiger partial charge in [0.25, 0.3) is 5.91 Å². The minimum absolute atomic E-state index is 0.197. The number of thioether (sulfide) groups is 1. The third kappa shape index (κ3) is 7.02. The number of halogens is 1. The summed E-state index contributed by atoms with van der Waals surface area (Å²) < 4.78 is 19.5. The number of carbonyl (C=O) groups is 2. The number of ether oxygens (including phenoxy) is 1. The lowest BCUT2D eigenvalue weighted by Crippen LogP contribution is -2.45. The maximum absolute atomic E-state index is 14.0. The molecule has 0 bridgehead atoms. The lowest BCUT2D eigenvalue weighted by molar-refractivity contribution is -0.113. The van der Waals surface area contributed by atoms with E-state index in [-0.39, 0.29) is 5.75 Å². The highest BCUT2D eigenvalue weighted by atomic mass is 32.2. The van der Waals surface area contributed by atoms with Crippen molar-refractivity contribution in [2.75, 3.05) is 46.3 Å². The van der Waals surface area contributed by atoms with Crippen LogP contribution in [0.2, 0.25) is 0 Å². The van der Waals surface area contributed by atoms with Gasteiger partial charge in [-0.25, -0.2) is 14.6 Å². The zero-order valence-corrected chi connectivity index (χ0v) is 20.3. The van der Waals surface area contributed by atoms with Crippen LogP contribution < -0.4 is 10.2 Å². The van der Waals surface area contributed by atoms with Crippen molar-refractivity contribution in [1.29, 1.82) is 0 Å². The van der Waals surface area contributed by atoms with E-state index < -0.39 is 17.8 Å². The van der Waals surface area contributed by atoms with Crippen LogP contribution in [0.1, 0.15) is 38.7 Å². The monoisotopic (exact) mass is 477 g/mol. The fourth-order valence-electron chi connectivity index (χ4n) is 3.57. The normalized spacial score (nSPS) is 17.6. The van der Waals surface area contributed by atoms with E-state index >= 15 is 0 Å². The Morgan fingerprint density at radius 3 is 2.79 bits per heavy atom. The minimum Gasteiger partial charge on any atom is -0.410 e. The number of hydrogen-bond donors (Lipinski definition) is 1. The Bertz CT molecular complexity index is 913. The van der Waals surface area contributed by atoms with E-state index in [1.165, 1.54) is 40.9 Å². The van der Waals surface area contributed by atoms with Crippen LogP contribution in [0.3, 0.4) is 0 Å². The van der Waals surface area contributed by atoms with E-state index in [9.17, 15) is 14.0 Å². The van der Waals surface area contributed by atoms with Gasteiger partial charge < -0.3 is 14.5 Å². The van der Waals surface area contributed by atoms with Crippen molar-refractivity contribution in [3.63, 3.8) is 0 Å². The number of amidine groups is 1. The number of carbonyl (C=O) groups excluding carboxylic acids is 2. The van der Waals surface area contributed by atoms with Gasteiger partial charge in [0.15, 0.2) is 5.17 Å². The van der Waals surface area contributed by atoms with Crippen molar-refractivity contribution < 1.29 is 18.7 Å². The summed E-state index contributed by atoms with van der Waals surface area (Å²) in [4.78, 5) is 33.3. The van der Waals surface area contributed by atoms with Crippen LogP contribution in [0.15, 0.2) is 28.1 Å². The molecule has 2 aliphatic heterocycles. The van der Waals surface area contributed by atoms with Gasteiger partial charge in [0.05, 0.1) is 4.91 Å². The van der Waals surface area contributed by atoms with Gasteiger partial charge in [0.1, 0.15) is 11.6 Å². The lowest BCUT2D eigenvalue weighted by atomic mass is 10.1. The van der Waals surface area contributed by atoms with E-state index in [1.807, 2.05) is 5.01 Å². The summed E-state index contributed by atoms with van der Waals surface area (Å²) in [5, 5.41) is 2.45. The molecule has 1 N–H and O–H groups in total. The minimum atomic E-state index is -0.527. The van der Waals surface area contributed by atoms with E-state index in [0.29, 0.717) is 22.2 Å². The highest BCUT2D eigenvalue weighted by Gasteiger charge is 2.27. The van der Waals surface area contributed by atoms with Gasteiger partial charge in [-0.05, 0) is 74.9 Å². The number of rotatable bonds is 8. The molecule has 1 fully saturated rings. The second-order valence-electron chi connectivity index (χ2n) is 7.93. The first-order chi connectivity index (χ1) is 15.9. The van der Waals surface area contributed by atoms with Crippen LogP contribution in [0.25, 0.3) is 6.08 Å². The fourth-order valence-corrected chi connectivity index (χ4v) is 4.48. The van der Waals surface area contributed by atoms with Crippen LogP contribution in [-0.4, -0.2) is 78.3 Å². The van der Waals surface area contributed by atoms with Gasteiger partial charge in [-0.2, -0.15) is 4.99 Å². The number of nitrogens with zero attached hydrogens (tertiary/aromatic N) is 4. The smallest absolute Gasteiger partial charge is 0.410 e. The van der Waals surface area contributed by atoms with Crippen molar-refractivity contribution in [2.45, 2.75) is 33.1 Å². The Hall–Kier alpha value is -2.43. The Labute approximate surface area is 198 Å². The Kier molecular flexibility index (Phi) is 9.28. The molecule has 0 radical (unpaired) electrons. The van der Waals surface area contributed by atoms with Crippen LogP contribution >= 0.6 is 11.8 Å². The quantitative estimate of drug-likeness (QED) is 0.574. The maximum Gasteiger partial charge on any atom is 0.414 e. The number of hydrazine groups is 1. The molecule has 2 heterocycles. The molecule has 0 unspecified atom stereocenters. The summed E-state index contributed by atoms with van der Waals surface area (Å²) >= 11 is 1.22. The van der Waals surface area contributed by atoms with Gasteiger partial charge in [0, 0.05) is 32.2 Å². The number of nitrogens with one attached hydrogen (secondary N) is 1. The van der Waals surface area contributed by atoms with Crippen LogP contribution in [0.5, 0.6) is 5.75 Å². The average molecular weight is 478 g/mol. The van der Waals surface area contributed by atoms with Gasteiger partial charge in [0.2, 0.25) is 0 Å². The first kappa shape index (κ1) is 25.2. The third-order valence-corrected chi connectivity index (χ3v) is 6.59. The maximum atomic E-state index is 14.0. The van der Waals surface area contributed by atoms with Crippen molar-refractivity contribution in [2.24, 2.45) is 4.99 Å². The molecule has 8 nitrogen and oxygen atoms in total. The standard InChI is InChI=1S/C23H32FN5O3S/c1-4-28(5-2)13-8-12-27(3)23(31)32-19-10-9-18(24)15-17(19)16-20-21(30)26-22(33-20)29-14-7-6-11-25-29/h9-10,15-16,25H,4-8,11-14H2,1-3H3/b20-16-. The molecule has 10 heteroatoms. The molecule has 1 saturated heterocycles. The molecule has 1 aromatic carbocycles. The van der Waals surface area contributed by atoms with Crippen molar-refractivity contribution in [3.8, 4) is 5.75 Å². The molecule has 0 aliphatic carbocycles. The third-order valence-electron chi connectivity index (χ3n) is 5.58. The Morgan fingerprint density at radius 1 is 1.30 bits per heavy atom. The van der Waals surface area contributed by atoms with Crippen LogP contribution in [-0.2, 0) is 4.79 Å². The van der Waals surface area contributed by atoms with Gasteiger partial charge >= 0.3 is 6.09 Å². The van der Waals surface area contributed by atoms with Crippen LogP contribution in [0.4, 0.5) is 9.18 Å². The summed E-state index contributed by atoms with van der Waals surface area (Å²) in [6.45, 7) is 9.19. The fraction of sp³-hybridized carbons (Fsp3) is 0.522. The summed E-state index contributed by atoms with van der Waals surface area (Å²) in [6.07, 6.45) is 3.92. The molecule has 0 aromatic heterocycles. The topological polar surface area (TPSA) is 77.5 Å². The average Bonchev–Trinajstić information content (AvgIpc) is 3.19. The second kappa shape index (κ2) is 12.2. The van der Waals surface area contributed by atoms with Crippen molar-refractivity contribution in [1.82, 2.24) is 20.2 Å². The van der Waals surface area contributed by atoms with E-state index in [0.717, 1.165) is 52.0 Å². The van der Waals surface area contributed by atoms with Gasteiger partial charge in [-0.3, -0.25) is 9.80 Å². The van der Waals surface area contributed by atoms with E-state index in [1.54, 1.807) is 7.05 Å². The lowest BCUT2D eigenvalue weighted by Gasteiger charge is -2.28. The molecule has 0 atom stereocenters. The molecule has 2 amide bonds. The van der Waals surface area contributed by atoms with Gasteiger partial charge in [-0.1, -0.05) is 13.8 Å². The summed E-state index contributed by atoms with van der Waals surface area (Å²) in [5.41, 5.74) is 3.54. The summed E-state index contributed by atoms with van der Waals surface area (Å²) in [6, 6.07) is 3.89. The highest BCUT2D eigenvalue weighted by molar-refractivity contribution is 8.18. The van der Waals surface area contributed by atoms with E-state index in [4.69, 9.17) is 4.74 Å². The zero-order valence-electron chi connectivity index (χ0n) is 19.5. The molecule has 180 valence electrons. The molecular formula is C23H32FN5O3S. The Balaban J connectivity index is 1.65. The second-order valence-corrected chi connectivity index (χ2v) is 8.94. The molecule has 0 spiro atoms. The Morgan fingerprint density at radius 2 is 2.09 bits per heavy atom. The first-order valence-electron chi connectivity index (χ1n) is 11.4. The molecule has 0 saturated carbocycles. The van der Waals surface area contributed by atoms with E-state index in [2.05, 4.69) is 29.2 Å². The number of amides is 2. The van der Waals surface area contributed by atoms with Crippen molar-refractivity contribution in [3.05, 3.63) is 34.5 Å². The number of aliphatic imine (C=N–C) groups is 1. The van der Waals surface area contributed by atoms with Gasteiger partial charge in [-0.15, -0.1) is 0 Å². The number of benzene rings is 1. The highest BCUT2D eigenvalue weighted by Crippen LogP contribution is 2.33. The SMILES string of the molecule is CCN(CC)CCCN(C)C(=O)Oc1ccc(F)cc1/C=C1\SC(N2CCCCN2)=NC1=O. The summed E-state index contributed by atoms with van der Waals surface area (Å²) in [7, 11) is 1.67. The summed E-state index contributed by atoms with van der Waals surface area (Å²) in [5.74, 6) is -0.677. The molecule has 33 heavy (non-hydrogen) atoms. The predicted octanol–water partition coefficient (Wildman–Crippen LogP) is 3.56. The zero-order chi connectivity index (χ0) is 23.8. The molecular weight excluding hydrogens is 445 g/mol. The van der Waals surface area contributed by atoms with Crippen LogP contribution in [0, 0.1) is 5.82 Å². The molecule has 1 aromatic rings. The number of hydrogen-bond acceptors (Lipinski definition) is 7. The first-order valence-corrected chi connectivity index (χ1v) is 12.2. The predicted molar refractivity (Wildman–Crippen MR) is 129 cm³/mol.